The number of carboxylic acids is 2. The summed E-state index contributed by atoms with van der Waals surface area (Å²) in [5.74, 6) is -6.63. The molecule has 0 saturated carbocycles. The molecule has 0 radical (unpaired) electrons. The van der Waals surface area contributed by atoms with Crippen LogP contribution in [0.1, 0.15) is 24.0 Å². The summed E-state index contributed by atoms with van der Waals surface area (Å²) in [5, 5.41) is 25.5. The van der Waals surface area contributed by atoms with Crippen molar-refractivity contribution in [2.75, 3.05) is 0 Å². The van der Waals surface area contributed by atoms with Crippen LogP contribution in [0.15, 0.2) is 60.7 Å². The van der Waals surface area contributed by atoms with Crippen LogP contribution in [0, 0.1) is 0 Å². The molecule has 2 aromatic carbocycles. The molecule has 0 spiro atoms. The normalized spacial score (nSPS) is 13.7. The topological polar surface area (TPSA) is 231 Å². The van der Waals surface area contributed by atoms with Crippen molar-refractivity contribution in [2.24, 2.45) is 11.5 Å². The highest BCUT2D eigenvalue weighted by Gasteiger charge is 2.32. The zero-order valence-corrected chi connectivity index (χ0v) is 20.9. The predicted octanol–water partition coefficient (Wildman–Crippen LogP) is -1.31. The Morgan fingerprint density at radius 2 is 1.10 bits per heavy atom. The average Bonchev–Trinajstić information content (AvgIpc) is 2.88. The minimum atomic E-state index is -1.66. The Balaban J connectivity index is 2.21. The molecular weight excluding hydrogens is 510 g/mol. The van der Waals surface area contributed by atoms with E-state index in [2.05, 4.69) is 16.0 Å². The average molecular weight is 542 g/mol. The van der Waals surface area contributed by atoms with Crippen LogP contribution >= 0.6 is 0 Å². The van der Waals surface area contributed by atoms with Gasteiger partial charge in [0.1, 0.15) is 18.1 Å². The fraction of sp³-hybridized carbons (Fsp3) is 0.308. The lowest BCUT2D eigenvalue weighted by Crippen LogP contribution is -2.58. The monoisotopic (exact) mass is 541 g/mol. The maximum absolute atomic E-state index is 13.1. The van der Waals surface area contributed by atoms with Crippen molar-refractivity contribution < 1.29 is 39.0 Å². The number of hydrogen-bond donors (Lipinski definition) is 7. The van der Waals surface area contributed by atoms with E-state index < -0.39 is 72.6 Å². The van der Waals surface area contributed by atoms with Gasteiger partial charge in [0.15, 0.2) is 0 Å². The summed E-state index contributed by atoms with van der Waals surface area (Å²) in [7, 11) is 0. The Bertz CT molecular complexity index is 1180. The number of carbonyl (C=O) groups excluding carboxylic acids is 4. The van der Waals surface area contributed by atoms with Gasteiger partial charge >= 0.3 is 11.9 Å². The Kier molecular flexibility index (Phi) is 11.6. The SMILES string of the molecule is NC(=O)CC(NC(=O)C(Cc1ccccc1)NC(=O)C(CC(=O)O)NC(=O)C(N)Cc1ccccc1)C(=O)O. The predicted molar refractivity (Wildman–Crippen MR) is 138 cm³/mol. The number of rotatable bonds is 15. The number of amides is 4. The van der Waals surface area contributed by atoms with Crippen LogP contribution in [0.25, 0.3) is 0 Å². The number of aliphatic carboxylic acids is 2. The highest BCUT2D eigenvalue weighted by molar-refractivity contribution is 5.96. The Hall–Kier alpha value is -4.78. The number of nitrogens with one attached hydrogen (secondary N) is 3. The van der Waals surface area contributed by atoms with Gasteiger partial charge in [-0.2, -0.15) is 0 Å². The number of carboxylic acid groups (broad SMARTS) is 2. The molecular formula is C26H31N5O8. The molecule has 13 nitrogen and oxygen atoms in total. The van der Waals surface area contributed by atoms with E-state index in [0.717, 1.165) is 5.56 Å². The summed E-state index contributed by atoms with van der Waals surface area (Å²) in [6, 6.07) is 11.5. The molecule has 0 aliphatic carbocycles. The smallest absolute Gasteiger partial charge is 0.326 e. The third kappa shape index (κ3) is 10.6. The lowest BCUT2D eigenvalue weighted by molar-refractivity contribution is -0.144. The maximum atomic E-state index is 13.1. The Labute approximate surface area is 223 Å². The summed E-state index contributed by atoms with van der Waals surface area (Å²) < 4.78 is 0. The van der Waals surface area contributed by atoms with Gasteiger partial charge in [-0.05, 0) is 17.5 Å². The van der Waals surface area contributed by atoms with E-state index in [-0.39, 0.29) is 12.8 Å². The van der Waals surface area contributed by atoms with Gasteiger partial charge in [-0.1, -0.05) is 60.7 Å². The third-order valence-electron chi connectivity index (χ3n) is 5.58. The molecule has 0 aliphatic heterocycles. The van der Waals surface area contributed by atoms with Gasteiger partial charge in [-0.3, -0.25) is 24.0 Å². The minimum absolute atomic E-state index is 0.109. The van der Waals surface area contributed by atoms with E-state index >= 15 is 0 Å². The van der Waals surface area contributed by atoms with Crippen molar-refractivity contribution in [3.63, 3.8) is 0 Å². The number of carbonyl (C=O) groups is 6. The van der Waals surface area contributed by atoms with Crippen LogP contribution in [-0.2, 0) is 41.6 Å². The first-order valence-electron chi connectivity index (χ1n) is 11.9. The van der Waals surface area contributed by atoms with Crippen LogP contribution in [0.5, 0.6) is 0 Å². The largest absolute Gasteiger partial charge is 0.481 e. The van der Waals surface area contributed by atoms with E-state index in [9.17, 15) is 39.0 Å². The molecule has 13 heteroatoms. The molecule has 0 bridgehead atoms. The molecule has 0 fully saturated rings. The van der Waals surface area contributed by atoms with Gasteiger partial charge in [0, 0.05) is 6.42 Å². The quantitative estimate of drug-likeness (QED) is 0.142. The van der Waals surface area contributed by atoms with Crippen LogP contribution in [0.2, 0.25) is 0 Å². The lowest BCUT2D eigenvalue weighted by Gasteiger charge is -2.24. The number of nitrogens with two attached hydrogens (primary N) is 2. The van der Waals surface area contributed by atoms with Crippen molar-refractivity contribution in [2.45, 2.75) is 49.9 Å². The molecule has 39 heavy (non-hydrogen) atoms. The van der Waals surface area contributed by atoms with Gasteiger partial charge in [0.05, 0.1) is 18.9 Å². The summed E-state index contributed by atoms with van der Waals surface area (Å²) in [4.78, 5) is 72.9. The van der Waals surface area contributed by atoms with E-state index in [1.165, 1.54) is 0 Å². The van der Waals surface area contributed by atoms with Crippen molar-refractivity contribution in [3.8, 4) is 0 Å². The minimum Gasteiger partial charge on any atom is -0.481 e. The second-order valence-corrected chi connectivity index (χ2v) is 8.78. The van der Waals surface area contributed by atoms with E-state index in [0.29, 0.717) is 5.56 Å². The van der Waals surface area contributed by atoms with Crippen molar-refractivity contribution in [1.82, 2.24) is 16.0 Å². The highest BCUT2D eigenvalue weighted by atomic mass is 16.4. The third-order valence-corrected chi connectivity index (χ3v) is 5.58. The van der Waals surface area contributed by atoms with Gasteiger partial charge < -0.3 is 37.6 Å². The molecule has 4 unspecified atom stereocenters. The molecule has 2 aromatic rings. The fourth-order valence-corrected chi connectivity index (χ4v) is 3.63. The molecule has 0 aliphatic rings. The van der Waals surface area contributed by atoms with E-state index in [1.807, 2.05) is 0 Å². The van der Waals surface area contributed by atoms with Gasteiger partial charge in [-0.25, -0.2) is 4.79 Å². The van der Waals surface area contributed by atoms with Crippen LogP contribution < -0.4 is 27.4 Å². The van der Waals surface area contributed by atoms with Crippen LogP contribution in [0.4, 0.5) is 0 Å². The zero-order valence-electron chi connectivity index (χ0n) is 20.9. The molecule has 0 aromatic heterocycles. The first-order chi connectivity index (χ1) is 18.5. The first-order valence-corrected chi connectivity index (χ1v) is 11.9. The first kappa shape index (κ1) is 30.4. The van der Waals surface area contributed by atoms with Crippen molar-refractivity contribution in [3.05, 3.63) is 71.8 Å². The van der Waals surface area contributed by atoms with Gasteiger partial charge in [-0.15, -0.1) is 0 Å². The second-order valence-electron chi connectivity index (χ2n) is 8.78. The van der Waals surface area contributed by atoms with Crippen LogP contribution in [0.3, 0.4) is 0 Å². The summed E-state index contributed by atoms with van der Waals surface area (Å²) in [5.41, 5.74) is 12.4. The van der Waals surface area contributed by atoms with E-state index in [1.54, 1.807) is 60.7 Å². The van der Waals surface area contributed by atoms with Crippen LogP contribution in [-0.4, -0.2) is 69.9 Å². The standard InChI is InChI=1S/C26H31N5O8/c27-17(11-15-7-3-1-4-8-15)23(35)29-19(14-22(33)34)25(37)30-18(12-16-9-5-2-6-10-16)24(36)31-20(26(38)39)13-21(28)32/h1-10,17-20H,11-14,27H2,(H2,28,32)(H,29,35)(H,30,37)(H,31,36)(H,33,34)(H,38,39). The Morgan fingerprint density at radius 1 is 0.641 bits per heavy atom. The molecule has 4 atom stereocenters. The molecule has 9 N–H and O–H groups in total. The summed E-state index contributed by atoms with van der Waals surface area (Å²) in [6.07, 6.45) is -1.48. The molecule has 208 valence electrons. The number of benzene rings is 2. The summed E-state index contributed by atoms with van der Waals surface area (Å²) >= 11 is 0. The maximum Gasteiger partial charge on any atom is 0.326 e. The van der Waals surface area contributed by atoms with Gasteiger partial charge in [0.25, 0.3) is 0 Å². The zero-order chi connectivity index (χ0) is 28.9. The fourth-order valence-electron chi connectivity index (χ4n) is 3.63. The molecule has 2 rings (SSSR count). The Morgan fingerprint density at radius 3 is 1.59 bits per heavy atom. The van der Waals surface area contributed by atoms with Crippen molar-refractivity contribution in [1.29, 1.82) is 0 Å². The second kappa shape index (κ2) is 14.8. The molecule has 0 saturated heterocycles. The van der Waals surface area contributed by atoms with Crippen molar-refractivity contribution >= 4 is 35.6 Å². The summed E-state index contributed by atoms with van der Waals surface area (Å²) in [6.45, 7) is 0. The molecule has 0 heterocycles. The molecule has 4 amide bonds. The lowest BCUT2D eigenvalue weighted by atomic mass is 10.0. The highest BCUT2D eigenvalue weighted by Crippen LogP contribution is 2.07. The number of primary amides is 1. The van der Waals surface area contributed by atoms with E-state index in [4.69, 9.17) is 11.5 Å². The number of hydrogen-bond acceptors (Lipinski definition) is 7. The van der Waals surface area contributed by atoms with Gasteiger partial charge in [0.2, 0.25) is 23.6 Å².